The fraction of sp³-hybridized carbons (Fsp3) is 0.400. The Balaban J connectivity index is 2.76. The molecular weight excluding hydrogens is 250 g/mol. The zero-order valence-corrected chi connectivity index (χ0v) is 8.35. The summed E-state index contributed by atoms with van der Waals surface area (Å²) in [6.45, 7) is -0.888. The van der Waals surface area contributed by atoms with Crippen LogP contribution >= 0.6 is 0 Å². The van der Waals surface area contributed by atoms with E-state index < -0.39 is 25.1 Å². The first-order valence-electron chi connectivity index (χ1n) is 4.49. The first-order valence-corrected chi connectivity index (χ1v) is 4.49. The summed E-state index contributed by atoms with van der Waals surface area (Å²) in [5.74, 6) is -4.94. The van der Waals surface area contributed by atoms with Gasteiger partial charge in [0.25, 0.3) is 0 Å². The average molecular weight is 258 g/mol. The summed E-state index contributed by atoms with van der Waals surface area (Å²) in [7, 11) is 0. The molecule has 1 unspecified atom stereocenters. The molecule has 0 aromatic heterocycles. The molecule has 0 spiro atoms. The van der Waals surface area contributed by atoms with Gasteiger partial charge in [-0.15, -0.1) is 0 Å². The zero-order chi connectivity index (χ0) is 13.1. The first kappa shape index (κ1) is 13.8. The minimum atomic E-state index is -5.78. The molecule has 0 saturated carbocycles. The minimum Gasteiger partial charge on any atom is -0.330 e. The molecule has 0 bridgehead atoms. The number of ether oxygens (including phenoxy) is 1. The van der Waals surface area contributed by atoms with E-state index in [0.29, 0.717) is 0 Å². The molecule has 0 aliphatic rings. The number of rotatable bonds is 4. The van der Waals surface area contributed by atoms with Crippen molar-refractivity contribution >= 4 is 0 Å². The molecule has 0 N–H and O–H groups in total. The maximum Gasteiger partial charge on any atom is 0.454 e. The van der Waals surface area contributed by atoms with Gasteiger partial charge in [0.2, 0.25) is 0 Å². The fourth-order valence-corrected chi connectivity index (χ4v) is 1.03. The van der Waals surface area contributed by atoms with E-state index >= 15 is 0 Å². The molecule has 0 radical (unpaired) electrons. The smallest absolute Gasteiger partial charge is 0.330 e. The SMILES string of the molecule is FC(F)C(F)(OCc1ccccc1)C(F)(F)F. The molecule has 0 saturated heterocycles. The van der Waals surface area contributed by atoms with Crippen LogP contribution in [0.3, 0.4) is 0 Å². The first-order chi connectivity index (χ1) is 7.77. The second-order valence-corrected chi connectivity index (χ2v) is 3.22. The summed E-state index contributed by atoms with van der Waals surface area (Å²) >= 11 is 0. The van der Waals surface area contributed by atoms with Gasteiger partial charge in [-0.05, 0) is 5.56 Å². The summed E-state index contributed by atoms with van der Waals surface area (Å²) in [5, 5.41) is 0. The van der Waals surface area contributed by atoms with E-state index in [-0.39, 0.29) is 5.56 Å². The van der Waals surface area contributed by atoms with Crippen LogP contribution in [0, 0.1) is 0 Å². The molecule has 0 aliphatic heterocycles. The monoisotopic (exact) mass is 258 g/mol. The van der Waals surface area contributed by atoms with Gasteiger partial charge in [0.05, 0.1) is 6.61 Å². The predicted octanol–water partition coefficient (Wildman–Crippen LogP) is 3.70. The van der Waals surface area contributed by atoms with Crippen LogP contribution in [0.25, 0.3) is 0 Å². The van der Waals surface area contributed by atoms with Crippen molar-refractivity contribution in [3.63, 3.8) is 0 Å². The van der Waals surface area contributed by atoms with Gasteiger partial charge >= 0.3 is 18.5 Å². The Hall–Kier alpha value is -1.24. The second-order valence-electron chi connectivity index (χ2n) is 3.22. The third kappa shape index (κ3) is 3.12. The fourth-order valence-electron chi connectivity index (χ4n) is 1.03. The van der Waals surface area contributed by atoms with Gasteiger partial charge < -0.3 is 4.74 Å². The highest BCUT2D eigenvalue weighted by Gasteiger charge is 2.64. The summed E-state index contributed by atoms with van der Waals surface area (Å²) in [4.78, 5) is 0. The highest BCUT2D eigenvalue weighted by atomic mass is 19.4. The van der Waals surface area contributed by atoms with Crippen molar-refractivity contribution in [2.24, 2.45) is 0 Å². The highest BCUT2D eigenvalue weighted by Crippen LogP contribution is 2.40. The molecule has 17 heavy (non-hydrogen) atoms. The van der Waals surface area contributed by atoms with Gasteiger partial charge in [0.15, 0.2) is 0 Å². The lowest BCUT2D eigenvalue weighted by molar-refractivity contribution is -0.372. The zero-order valence-electron chi connectivity index (χ0n) is 8.35. The Labute approximate surface area is 93.0 Å². The van der Waals surface area contributed by atoms with E-state index in [1.165, 1.54) is 24.3 Å². The van der Waals surface area contributed by atoms with Gasteiger partial charge in [-0.1, -0.05) is 30.3 Å². The average Bonchev–Trinajstić information content (AvgIpc) is 2.25. The third-order valence-corrected chi connectivity index (χ3v) is 1.96. The van der Waals surface area contributed by atoms with Crippen molar-refractivity contribution in [2.75, 3.05) is 0 Å². The highest BCUT2D eigenvalue weighted by molar-refractivity contribution is 5.13. The van der Waals surface area contributed by atoms with Gasteiger partial charge in [0, 0.05) is 0 Å². The van der Waals surface area contributed by atoms with Crippen molar-refractivity contribution in [1.29, 1.82) is 0 Å². The Bertz CT molecular complexity index is 350. The number of halogens is 6. The Morgan fingerprint density at radius 2 is 1.53 bits per heavy atom. The van der Waals surface area contributed by atoms with E-state index in [2.05, 4.69) is 4.74 Å². The van der Waals surface area contributed by atoms with Gasteiger partial charge in [0.1, 0.15) is 0 Å². The number of hydrogen-bond acceptors (Lipinski definition) is 1. The normalized spacial score (nSPS) is 15.9. The molecule has 1 aromatic carbocycles. The maximum absolute atomic E-state index is 13.0. The topological polar surface area (TPSA) is 9.23 Å². The summed E-state index contributed by atoms with van der Waals surface area (Å²) in [6, 6.07) is 7.18. The molecule has 1 atom stereocenters. The minimum absolute atomic E-state index is 0.166. The molecule has 0 amide bonds. The van der Waals surface area contributed by atoms with Crippen LogP contribution in [-0.4, -0.2) is 18.5 Å². The summed E-state index contributed by atoms with van der Waals surface area (Å²) in [6.07, 6.45) is -10.1. The van der Waals surface area contributed by atoms with Gasteiger partial charge in [-0.3, -0.25) is 0 Å². The molecule has 1 nitrogen and oxygen atoms in total. The molecule has 1 rings (SSSR count). The summed E-state index contributed by atoms with van der Waals surface area (Å²) in [5.41, 5.74) is 0.166. The van der Waals surface area contributed by atoms with E-state index in [0.717, 1.165) is 0 Å². The molecule has 1 aromatic rings. The lowest BCUT2D eigenvalue weighted by Crippen LogP contribution is -2.49. The van der Waals surface area contributed by atoms with Crippen LogP contribution < -0.4 is 0 Å². The Kier molecular flexibility index (Phi) is 4.03. The number of hydrogen-bond donors (Lipinski definition) is 0. The van der Waals surface area contributed by atoms with E-state index in [1.807, 2.05) is 0 Å². The van der Waals surface area contributed by atoms with E-state index in [1.54, 1.807) is 6.07 Å². The number of alkyl halides is 6. The Morgan fingerprint density at radius 3 is 1.94 bits per heavy atom. The van der Waals surface area contributed by atoms with Gasteiger partial charge in [-0.25, -0.2) is 8.78 Å². The quantitative estimate of drug-likeness (QED) is 0.748. The van der Waals surface area contributed by atoms with Crippen LogP contribution in [0.1, 0.15) is 5.56 Å². The van der Waals surface area contributed by atoms with Crippen LogP contribution in [-0.2, 0) is 11.3 Å². The molecular formula is C10H8F6O. The third-order valence-electron chi connectivity index (χ3n) is 1.96. The van der Waals surface area contributed by atoms with Crippen molar-refractivity contribution < 1.29 is 31.1 Å². The molecule has 0 fully saturated rings. The summed E-state index contributed by atoms with van der Waals surface area (Å²) < 4.78 is 77.1. The molecule has 0 aliphatic carbocycles. The largest absolute Gasteiger partial charge is 0.454 e. The second kappa shape index (κ2) is 4.95. The van der Waals surface area contributed by atoms with Gasteiger partial charge in [-0.2, -0.15) is 17.6 Å². The van der Waals surface area contributed by atoms with Crippen LogP contribution in [0.5, 0.6) is 0 Å². The van der Waals surface area contributed by atoms with Crippen LogP contribution in [0.15, 0.2) is 30.3 Å². The van der Waals surface area contributed by atoms with E-state index in [9.17, 15) is 26.3 Å². The van der Waals surface area contributed by atoms with Crippen LogP contribution in [0.2, 0.25) is 0 Å². The molecule has 96 valence electrons. The maximum atomic E-state index is 13.0. The standard InChI is InChI=1S/C10H8F6O/c11-8(12)9(13,10(14,15)16)17-6-7-4-2-1-3-5-7/h1-5,8H,6H2. The van der Waals surface area contributed by atoms with Crippen molar-refractivity contribution in [1.82, 2.24) is 0 Å². The Morgan fingerprint density at radius 1 is 1.00 bits per heavy atom. The van der Waals surface area contributed by atoms with Crippen molar-refractivity contribution in [2.45, 2.75) is 25.1 Å². The lowest BCUT2D eigenvalue weighted by Gasteiger charge is -2.26. The van der Waals surface area contributed by atoms with E-state index in [4.69, 9.17) is 0 Å². The van der Waals surface area contributed by atoms with Crippen molar-refractivity contribution in [3.8, 4) is 0 Å². The predicted molar refractivity (Wildman–Crippen MR) is 47.1 cm³/mol. The van der Waals surface area contributed by atoms with Crippen LogP contribution in [0.4, 0.5) is 26.3 Å². The number of benzene rings is 1. The molecule has 7 heteroatoms. The lowest BCUT2D eigenvalue weighted by atomic mass is 10.2. The van der Waals surface area contributed by atoms with Crippen molar-refractivity contribution in [3.05, 3.63) is 35.9 Å². The molecule has 0 heterocycles.